The Bertz CT molecular complexity index is 218. The van der Waals surface area contributed by atoms with Crippen LogP contribution in [0.15, 0.2) is 12.2 Å². The highest BCUT2D eigenvalue weighted by Gasteiger charge is 2.35. The maximum absolute atomic E-state index is 11.0. The first kappa shape index (κ1) is 10.3. The summed E-state index contributed by atoms with van der Waals surface area (Å²) in [5.41, 5.74) is 0. The zero-order chi connectivity index (χ0) is 10.0. The van der Waals surface area contributed by atoms with Crippen LogP contribution in [0.4, 0.5) is 0 Å². The van der Waals surface area contributed by atoms with Gasteiger partial charge in [-0.1, -0.05) is 32.9 Å². The highest BCUT2D eigenvalue weighted by Crippen LogP contribution is 2.35. The van der Waals surface area contributed by atoms with Crippen molar-refractivity contribution in [3.8, 4) is 0 Å². The lowest BCUT2D eigenvalue weighted by Gasteiger charge is -2.32. The van der Waals surface area contributed by atoms with Crippen molar-refractivity contribution in [2.75, 3.05) is 0 Å². The Hall–Kier alpha value is -0.790. The maximum Gasteiger partial charge on any atom is 0.307 e. The third-order valence-corrected chi connectivity index (χ3v) is 3.02. The second-order valence-corrected chi connectivity index (χ2v) is 4.29. The van der Waals surface area contributed by atoms with Crippen molar-refractivity contribution >= 4 is 5.97 Å². The molecule has 0 heterocycles. The second-order valence-electron chi connectivity index (χ2n) is 4.29. The van der Waals surface area contributed by atoms with E-state index >= 15 is 0 Å². The minimum absolute atomic E-state index is 0.179. The zero-order valence-electron chi connectivity index (χ0n) is 8.53. The van der Waals surface area contributed by atoms with E-state index < -0.39 is 5.97 Å². The fraction of sp³-hybridized carbons (Fsp3) is 0.727. The molecule has 0 bridgehead atoms. The van der Waals surface area contributed by atoms with Crippen molar-refractivity contribution < 1.29 is 9.90 Å². The summed E-state index contributed by atoms with van der Waals surface area (Å²) < 4.78 is 0. The smallest absolute Gasteiger partial charge is 0.307 e. The van der Waals surface area contributed by atoms with Gasteiger partial charge in [-0.25, -0.2) is 0 Å². The first-order valence-electron chi connectivity index (χ1n) is 4.93. The number of rotatable bonds is 2. The lowest BCUT2D eigenvalue weighted by Crippen LogP contribution is -2.33. The Balaban J connectivity index is 2.83. The Morgan fingerprint density at radius 2 is 2.15 bits per heavy atom. The van der Waals surface area contributed by atoms with Crippen molar-refractivity contribution in [2.24, 2.45) is 23.7 Å². The third kappa shape index (κ3) is 2.11. The van der Waals surface area contributed by atoms with E-state index in [4.69, 9.17) is 5.11 Å². The molecule has 2 nitrogen and oxygen atoms in total. The predicted octanol–water partition coefficient (Wildman–Crippen LogP) is 2.56. The van der Waals surface area contributed by atoms with Crippen LogP contribution < -0.4 is 0 Å². The lowest BCUT2D eigenvalue weighted by atomic mass is 9.72. The normalized spacial score (nSPS) is 33.7. The van der Waals surface area contributed by atoms with Gasteiger partial charge in [-0.3, -0.25) is 4.79 Å². The van der Waals surface area contributed by atoms with Crippen LogP contribution in [0.5, 0.6) is 0 Å². The quantitative estimate of drug-likeness (QED) is 0.666. The van der Waals surface area contributed by atoms with Crippen molar-refractivity contribution in [1.29, 1.82) is 0 Å². The molecule has 0 saturated carbocycles. The van der Waals surface area contributed by atoms with Gasteiger partial charge in [0.15, 0.2) is 0 Å². The van der Waals surface area contributed by atoms with E-state index in [1.165, 1.54) is 0 Å². The number of aliphatic carboxylic acids is 1. The van der Waals surface area contributed by atoms with Crippen molar-refractivity contribution in [2.45, 2.75) is 27.2 Å². The van der Waals surface area contributed by atoms with Gasteiger partial charge in [-0.05, 0) is 24.2 Å². The summed E-state index contributed by atoms with van der Waals surface area (Å²) >= 11 is 0. The Morgan fingerprint density at radius 1 is 1.54 bits per heavy atom. The van der Waals surface area contributed by atoms with Crippen molar-refractivity contribution in [3.63, 3.8) is 0 Å². The Kier molecular flexibility index (Phi) is 3.12. The summed E-state index contributed by atoms with van der Waals surface area (Å²) in [6, 6.07) is 0. The molecule has 0 aromatic heterocycles. The van der Waals surface area contributed by atoms with E-state index in [-0.39, 0.29) is 11.8 Å². The van der Waals surface area contributed by atoms with Gasteiger partial charge >= 0.3 is 5.97 Å². The SMILES string of the molecule is CC(C)C1CC=CC(C)C1C(=O)O. The van der Waals surface area contributed by atoms with Crippen molar-refractivity contribution in [1.82, 2.24) is 0 Å². The van der Waals surface area contributed by atoms with Gasteiger partial charge in [-0.2, -0.15) is 0 Å². The fourth-order valence-electron chi connectivity index (χ4n) is 2.20. The minimum atomic E-state index is -0.643. The third-order valence-electron chi connectivity index (χ3n) is 3.02. The van der Waals surface area contributed by atoms with Gasteiger partial charge < -0.3 is 5.11 Å². The van der Waals surface area contributed by atoms with E-state index in [1.807, 2.05) is 13.0 Å². The van der Waals surface area contributed by atoms with E-state index in [9.17, 15) is 4.79 Å². The van der Waals surface area contributed by atoms with Crippen LogP contribution in [0.3, 0.4) is 0 Å². The van der Waals surface area contributed by atoms with Gasteiger partial charge in [-0.15, -0.1) is 0 Å². The molecule has 3 unspecified atom stereocenters. The molecule has 74 valence electrons. The summed E-state index contributed by atoms with van der Waals surface area (Å²) in [7, 11) is 0. The zero-order valence-corrected chi connectivity index (χ0v) is 8.53. The maximum atomic E-state index is 11.0. The molecule has 0 saturated heterocycles. The van der Waals surface area contributed by atoms with E-state index in [0.29, 0.717) is 11.8 Å². The van der Waals surface area contributed by atoms with Crippen molar-refractivity contribution in [3.05, 3.63) is 12.2 Å². The molecule has 2 heteroatoms. The monoisotopic (exact) mass is 182 g/mol. The van der Waals surface area contributed by atoms with E-state index in [1.54, 1.807) is 0 Å². The first-order valence-corrected chi connectivity index (χ1v) is 4.93. The highest BCUT2D eigenvalue weighted by molar-refractivity contribution is 5.71. The Morgan fingerprint density at radius 3 is 2.54 bits per heavy atom. The standard InChI is InChI=1S/C11H18O2/c1-7(2)9-6-4-5-8(3)10(9)11(12)13/h4-5,7-10H,6H2,1-3H3,(H,12,13). The average Bonchev–Trinajstić information content (AvgIpc) is 2.02. The van der Waals surface area contributed by atoms with Crippen LogP contribution in [0.2, 0.25) is 0 Å². The summed E-state index contributed by atoms with van der Waals surface area (Å²) in [6.45, 7) is 6.20. The van der Waals surface area contributed by atoms with Crippen LogP contribution in [-0.4, -0.2) is 11.1 Å². The molecule has 0 aliphatic heterocycles. The molecule has 1 aliphatic carbocycles. The van der Waals surface area contributed by atoms with Crippen LogP contribution >= 0.6 is 0 Å². The second kappa shape index (κ2) is 3.95. The first-order chi connectivity index (χ1) is 6.04. The molecule has 0 spiro atoms. The van der Waals surface area contributed by atoms with Gasteiger partial charge in [0.2, 0.25) is 0 Å². The minimum Gasteiger partial charge on any atom is -0.481 e. The molecule has 13 heavy (non-hydrogen) atoms. The molecule has 0 aromatic rings. The molecular weight excluding hydrogens is 164 g/mol. The average molecular weight is 182 g/mol. The summed E-state index contributed by atoms with van der Waals surface area (Å²) in [5.74, 6) is 0.102. The lowest BCUT2D eigenvalue weighted by molar-refractivity contribution is -0.146. The number of carboxylic acids is 1. The van der Waals surface area contributed by atoms with Crippen LogP contribution in [-0.2, 0) is 4.79 Å². The Labute approximate surface area is 79.6 Å². The van der Waals surface area contributed by atoms with Gasteiger partial charge in [0, 0.05) is 0 Å². The number of hydrogen-bond acceptors (Lipinski definition) is 1. The molecule has 0 radical (unpaired) electrons. The number of carboxylic acid groups (broad SMARTS) is 1. The number of hydrogen-bond donors (Lipinski definition) is 1. The molecule has 1 aliphatic rings. The summed E-state index contributed by atoms with van der Waals surface area (Å²) in [6.07, 6.45) is 5.06. The molecule has 3 atom stereocenters. The van der Waals surface area contributed by atoms with Gasteiger partial charge in [0.05, 0.1) is 5.92 Å². The molecule has 0 aromatic carbocycles. The summed E-state index contributed by atoms with van der Waals surface area (Å²) in [4.78, 5) is 11.0. The molecule has 1 rings (SSSR count). The van der Waals surface area contributed by atoms with Crippen LogP contribution in [0.25, 0.3) is 0 Å². The predicted molar refractivity (Wildman–Crippen MR) is 52.4 cm³/mol. The van der Waals surface area contributed by atoms with Gasteiger partial charge in [0.1, 0.15) is 0 Å². The van der Waals surface area contributed by atoms with Gasteiger partial charge in [0.25, 0.3) is 0 Å². The molecule has 0 amide bonds. The highest BCUT2D eigenvalue weighted by atomic mass is 16.4. The largest absolute Gasteiger partial charge is 0.481 e. The van der Waals surface area contributed by atoms with E-state index in [2.05, 4.69) is 19.9 Å². The number of allylic oxidation sites excluding steroid dienone is 2. The molecular formula is C11H18O2. The number of carbonyl (C=O) groups is 1. The fourth-order valence-corrected chi connectivity index (χ4v) is 2.20. The molecule has 0 fully saturated rings. The molecule has 1 N–H and O–H groups in total. The summed E-state index contributed by atoms with van der Waals surface area (Å²) in [5, 5.41) is 9.09. The van der Waals surface area contributed by atoms with Crippen LogP contribution in [0, 0.1) is 23.7 Å². The van der Waals surface area contributed by atoms with E-state index in [0.717, 1.165) is 6.42 Å². The van der Waals surface area contributed by atoms with Crippen LogP contribution in [0.1, 0.15) is 27.2 Å². The topological polar surface area (TPSA) is 37.3 Å².